The molecule has 0 spiro atoms. The van der Waals surface area contributed by atoms with Crippen LogP contribution < -0.4 is 4.72 Å². The van der Waals surface area contributed by atoms with Crippen molar-refractivity contribution in [3.05, 3.63) is 30.1 Å². The Labute approximate surface area is 99.7 Å². The maximum absolute atomic E-state index is 11.5. The van der Waals surface area contributed by atoms with E-state index in [0.717, 1.165) is 5.56 Å². The van der Waals surface area contributed by atoms with Crippen LogP contribution in [0.15, 0.2) is 24.5 Å². The summed E-state index contributed by atoms with van der Waals surface area (Å²) in [5, 5.41) is 8.43. The minimum Gasteiger partial charge on any atom is -0.481 e. The zero-order chi connectivity index (χ0) is 12.9. The molecule has 1 heterocycles. The fourth-order valence-corrected chi connectivity index (χ4v) is 2.49. The average Bonchev–Trinajstić information content (AvgIpc) is 2.27. The number of rotatable bonds is 6. The second-order valence-electron chi connectivity index (χ2n) is 3.59. The first-order valence-corrected chi connectivity index (χ1v) is 6.67. The molecule has 0 fully saturated rings. The van der Waals surface area contributed by atoms with Crippen LogP contribution in [-0.2, 0) is 14.8 Å². The van der Waals surface area contributed by atoms with Crippen LogP contribution in [0.25, 0.3) is 0 Å². The number of nitrogens with zero attached hydrogens (tertiary/aromatic N) is 1. The Morgan fingerprint density at radius 2 is 2.29 bits per heavy atom. The number of carboxylic acid groups (broad SMARTS) is 1. The lowest BCUT2D eigenvalue weighted by atomic mass is 10.2. The zero-order valence-electron chi connectivity index (χ0n) is 9.33. The smallest absolute Gasteiger partial charge is 0.304 e. The molecular formula is C10H14N2O4S. The van der Waals surface area contributed by atoms with Crippen molar-refractivity contribution in [3.8, 4) is 0 Å². The number of hydrogen-bond acceptors (Lipinski definition) is 4. The van der Waals surface area contributed by atoms with Gasteiger partial charge in [-0.1, -0.05) is 6.07 Å². The van der Waals surface area contributed by atoms with E-state index in [1.165, 1.54) is 0 Å². The number of aliphatic carboxylic acids is 1. The van der Waals surface area contributed by atoms with Crippen molar-refractivity contribution in [3.63, 3.8) is 0 Å². The number of carboxylic acids is 1. The number of nitrogens with one attached hydrogen (secondary N) is 1. The summed E-state index contributed by atoms with van der Waals surface area (Å²) >= 11 is 0. The van der Waals surface area contributed by atoms with Crippen LogP contribution in [0.2, 0.25) is 0 Å². The van der Waals surface area contributed by atoms with E-state index in [0.29, 0.717) is 0 Å². The molecular weight excluding hydrogens is 244 g/mol. The molecule has 1 rings (SSSR count). The Hall–Kier alpha value is -1.47. The zero-order valence-corrected chi connectivity index (χ0v) is 10.1. The standard InChI is InChI=1S/C10H14N2O4S/c1-8(9-3-2-5-11-7-9)12-17(15,16)6-4-10(13)14/h2-3,5,7-8,12H,4,6H2,1H3,(H,13,14). The normalized spacial score (nSPS) is 13.2. The van der Waals surface area contributed by atoms with Gasteiger partial charge in [-0.3, -0.25) is 9.78 Å². The predicted molar refractivity (Wildman–Crippen MR) is 61.8 cm³/mol. The lowest BCUT2D eigenvalue weighted by Gasteiger charge is -2.13. The van der Waals surface area contributed by atoms with Gasteiger partial charge >= 0.3 is 5.97 Å². The number of hydrogen-bond donors (Lipinski definition) is 2. The number of aromatic nitrogens is 1. The summed E-state index contributed by atoms with van der Waals surface area (Å²) in [6.07, 6.45) is 2.74. The molecule has 17 heavy (non-hydrogen) atoms. The van der Waals surface area contributed by atoms with Crippen LogP contribution in [0, 0.1) is 0 Å². The van der Waals surface area contributed by atoms with Crippen LogP contribution in [-0.4, -0.2) is 30.2 Å². The van der Waals surface area contributed by atoms with E-state index in [9.17, 15) is 13.2 Å². The van der Waals surface area contributed by atoms with Crippen molar-refractivity contribution >= 4 is 16.0 Å². The molecule has 0 aromatic carbocycles. The van der Waals surface area contributed by atoms with Gasteiger partial charge in [0.15, 0.2) is 0 Å². The summed E-state index contributed by atoms with van der Waals surface area (Å²) in [6, 6.07) is 3.02. The third kappa shape index (κ3) is 4.92. The van der Waals surface area contributed by atoms with Gasteiger partial charge in [-0.15, -0.1) is 0 Å². The van der Waals surface area contributed by atoms with Gasteiger partial charge in [0.25, 0.3) is 0 Å². The Morgan fingerprint density at radius 3 is 2.82 bits per heavy atom. The highest BCUT2D eigenvalue weighted by Crippen LogP contribution is 2.11. The van der Waals surface area contributed by atoms with Crippen molar-refractivity contribution in [2.45, 2.75) is 19.4 Å². The van der Waals surface area contributed by atoms with E-state index < -0.39 is 34.2 Å². The van der Waals surface area contributed by atoms with Crippen molar-refractivity contribution in [2.24, 2.45) is 0 Å². The molecule has 2 N–H and O–H groups in total. The molecule has 1 atom stereocenters. The van der Waals surface area contributed by atoms with Gasteiger partial charge in [-0.2, -0.15) is 0 Å². The van der Waals surface area contributed by atoms with Crippen LogP contribution in [0.3, 0.4) is 0 Å². The molecule has 0 aliphatic rings. The number of sulfonamides is 1. The van der Waals surface area contributed by atoms with E-state index >= 15 is 0 Å². The molecule has 1 aromatic heterocycles. The Balaban J connectivity index is 2.62. The highest BCUT2D eigenvalue weighted by atomic mass is 32.2. The number of pyridine rings is 1. The quantitative estimate of drug-likeness (QED) is 0.776. The van der Waals surface area contributed by atoms with E-state index in [1.54, 1.807) is 31.5 Å². The van der Waals surface area contributed by atoms with Crippen molar-refractivity contribution in [1.29, 1.82) is 0 Å². The van der Waals surface area contributed by atoms with Gasteiger partial charge in [0.1, 0.15) is 0 Å². The van der Waals surface area contributed by atoms with Crippen LogP contribution in [0.4, 0.5) is 0 Å². The monoisotopic (exact) mass is 258 g/mol. The van der Waals surface area contributed by atoms with E-state index in [4.69, 9.17) is 5.11 Å². The fraction of sp³-hybridized carbons (Fsp3) is 0.400. The second-order valence-corrected chi connectivity index (χ2v) is 5.46. The number of carbonyl (C=O) groups is 1. The second kappa shape index (κ2) is 5.74. The largest absolute Gasteiger partial charge is 0.481 e. The van der Waals surface area contributed by atoms with Gasteiger partial charge in [-0.25, -0.2) is 13.1 Å². The Morgan fingerprint density at radius 1 is 1.59 bits per heavy atom. The summed E-state index contributed by atoms with van der Waals surface area (Å²) in [5.41, 5.74) is 0.728. The first kappa shape index (κ1) is 13.6. The molecule has 0 aliphatic heterocycles. The summed E-state index contributed by atoms with van der Waals surface area (Å²) < 4.78 is 25.4. The Bertz CT molecular complexity index is 472. The third-order valence-electron chi connectivity index (χ3n) is 2.13. The average molecular weight is 258 g/mol. The molecule has 0 aliphatic carbocycles. The van der Waals surface area contributed by atoms with Gasteiger partial charge < -0.3 is 5.11 Å². The van der Waals surface area contributed by atoms with Crippen LogP contribution in [0.5, 0.6) is 0 Å². The maximum atomic E-state index is 11.5. The molecule has 0 bridgehead atoms. The van der Waals surface area contributed by atoms with Crippen molar-refractivity contribution < 1.29 is 18.3 Å². The minimum atomic E-state index is -3.58. The molecule has 1 aromatic rings. The SMILES string of the molecule is CC(NS(=O)(=O)CCC(=O)O)c1cccnc1. The molecule has 94 valence electrons. The van der Waals surface area contributed by atoms with Crippen LogP contribution in [0.1, 0.15) is 24.9 Å². The van der Waals surface area contributed by atoms with Gasteiger partial charge in [0.2, 0.25) is 10.0 Å². The van der Waals surface area contributed by atoms with E-state index in [1.807, 2.05) is 0 Å². The summed E-state index contributed by atoms with van der Waals surface area (Å²) in [4.78, 5) is 14.2. The molecule has 0 amide bonds. The first-order valence-electron chi connectivity index (χ1n) is 5.02. The highest BCUT2D eigenvalue weighted by Gasteiger charge is 2.17. The first-order chi connectivity index (χ1) is 7.91. The molecule has 0 saturated carbocycles. The van der Waals surface area contributed by atoms with Crippen molar-refractivity contribution in [1.82, 2.24) is 9.71 Å². The molecule has 0 saturated heterocycles. The lowest BCUT2D eigenvalue weighted by molar-refractivity contribution is -0.136. The topological polar surface area (TPSA) is 96.4 Å². The molecule has 1 unspecified atom stereocenters. The summed E-state index contributed by atoms with van der Waals surface area (Å²) in [7, 11) is -3.58. The summed E-state index contributed by atoms with van der Waals surface area (Å²) in [5.74, 6) is -1.56. The lowest BCUT2D eigenvalue weighted by Crippen LogP contribution is -2.30. The van der Waals surface area contributed by atoms with Gasteiger partial charge in [0, 0.05) is 18.4 Å². The fourth-order valence-electron chi connectivity index (χ4n) is 1.25. The Kier molecular flexibility index (Phi) is 4.59. The van der Waals surface area contributed by atoms with Gasteiger partial charge in [-0.05, 0) is 18.6 Å². The summed E-state index contributed by atoms with van der Waals surface area (Å²) in [6.45, 7) is 1.68. The van der Waals surface area contributed by atoms with Crippen molar-refractivity contribution in [2.75, 3.05) is 5.75 Å². The highest BCUT2D eigenvalue weighted by molar-refractivity contribution is 7.89. The van der Waals surface area contributed by atoms with Gasteiger partial charge in [0.05, 0.1) is 12.2 Å². The maximum Gasteiger partial charge on any atom is 0.304 e. The minimum absolute atomic E-state index is 0.408. The predicted octanol–water partition coefficient (Wildman–Crippen LogP) is 0.537. The molecule has 0 radical (unpaired) electrons. The third-order valence-corrected chi connectivity index (χ3v) is 3.58. The van der Waals surface area contributed by atoms with E-state index in [2.05, 4.69) is 9.71 Å². The molecule has 7 heteroatoms. The van der Waals surface area contributed by atoms with Crippen LogP contribution >= 0.6 is 0 Å². The van der Waals surface area contributed by atoms with E-state index in [-0.39, 0.29) is 0 Å². The molecule has 6 nitrogen and oxygen atoms in total.